The second-order valence-electron chi connectivity index (χ2n) is 4.51. The fraction of sp³-hybridized carbons (Fsp3) is 0.462. The number of nitro benzene ring substituents is 1. The van der Waals surface area contributed by atoms with Gasteiger partial charge in [-0.15, -0.1) is 0 Å². The summed E-state index contributed by atoms with van der Waals surface area (Å²) in [5, 5.41) is 19.6. The minimum atomic E-state index is -0.522. The number of ether oxygens (including phenoxy) is 1. The number of amides is 1. The topological polar surface area (TPSA) is 96.2 Å². The Bertz CT molecular complexity index is 521. The third-order valence-electron chi connectivity index (χ3n) is 3.13. The summed E-state index contributed by atoms with van der Waals surface area (Å²) in [6.45, 7) is 0.421. The summed E-state index contributed by atoms with van der Waals surface area (Å²) in [4.78, 5) is 24.8. The van der Waals surface area contributed by atoms with Crippen molar-refractivity contribution in [2.75, 3.05) is 45.8 Å². The first-order chi connectivity index (χ1) is 9.90. The summed E-state index contributed by atoms with van der Waals surface area (Å²) in [6, 6.07) is 4.58. The van der Waals surface area contributed by atoms with Crippen LogP contribution in [0.5, 0.6) is 5.75 Å². The third kappa shape index (κ3) is 4.32. The molecule has 21 heavy (non-hydrogen) atoms. The molecule has 0 aliphatic rings. The van der Waals surface area contributed by atoms with E-state index in [2.05, 4.69) is 0 Å². The van der Waals surface area contributed by atoms with Crippen LogP contribution in [0.3, 0.4) is 0 Å². The number of rotatable bonds is 7. The van der Waals surface area contributed by atoms with Crippen molar-refractivity contribution < 1.29 is 19.6 Å². The highest BCUT2D eigenvalue weighted by molar-refractivity contribution is 5.76. The van der Waals surface area contributed by atoms with Gasteiger partial charge in [-0.05, 0) is 6.07 Å². The second-order valence-corrected chi connectivity index (χ2v) is 4.51. The molecule has 0 saturated carbocycles. The van der Waals surface area contributed by atoms with Gasteiger partial charge in [0.25, 0.3) is 0 Å². The number of benzene rings is 1. The van der Waals surface area contributed by atoms with Gasteiger partial charge >= 0.3 is 5.69 Å². The van der Waals surface area contributed by atoms with Gasteiger partial charge in [-0.25, -0.2) is 0 Å². The number of nitrogens with zero attached hydrogens (tertiary/aromatic N) is 3. The molecule has 0 aliphatic carbocycles. The lowest BCUT2D eigenvalue weighted by Gasteiger charge is -2.23. The molecule has 0 atom stereocenters. The van der Waals surface area contributed by atoms with E-state index in [9.17, 15) is 14.9 Å². The highest BCUT2D eigenvalue weighted by atomic mass is 16.6. The maximum Gasteiger partial charge on any atom is 0.311 e. The van der Waals surface area contributed by atoms with E-state index < -0.39 is 11.5 Å². The Morgan fingerprint density at radius 1 is 1.38 bits per heavy atom. The van der Waals surface area contributed by atoms with Crippen molar-refractivity contribution in [2.45, 2.75) is 0 Å². The Morgan fingerprint density at radius 2 is 2.05 bits per heavy atom. The predicted molar refractivity (Wildman–Crippen MR) is 77.6 cm³/mol. The van der Waals surface area contributed by atoms with Crippen molar-refractivity contribution in [1.82, 2.24) is 4.90 Å². The zero-order chi connectivity index (χ0) is 16.0. The molecule has 1 N–H and O–H groups in total. The minimum absolute atomic E-state index is 0.0952. The molecule has 0 radical (unpaired) electrons. The summed E-state index contributed by atoms with van der Waals surface area (Å²) in [7, 11) is 4.78. The normalized spacial score (nSPS) is 10.1. The Morgan fingerprint density at radius 3 is 2.57 bits per heavy atom. The van der Waals surface area contributed by atoms with Crippen LogP contribution in [0.4, 0.5) is 11.4 Å². The summed E-state index contributed by atoms with van der Waals surface area (Å²) in [6.07, 6.45) is 0. The Balaban J connectivity index is 2.77. The van der Waals surface area contributed by atoms with E-state index in [-0.39, 0.29) is 17.3 Å². The van der Waals surface area contributed by atoms with E-state index in [1.807, 2.05) is 4.90 Å². The van der Waals surface area contributed by atoms with Crippen molar-refractivity contribution in [2.24, 2.45) is 0 Å². The molecule has 8 heteroatoms. The van der Waals surface area contributed by atoms with Crippen LogP contribution in [0.15, 0.2) is 18.2 Å². The fourth-order valence-electron chi connectivity index (χ4n) is 1.73. The van der Waals surface area contributed by atoms with Gasteiger partial charge in [-0.3, -0.25) is 14.9 Å². The molecule has 0 saturated heterocycles. The number of hydrogen-bond donors (Lipinski definition) is 1. The standard InChI is InChI=1S/C13H19N3O5/c1-14(6-7-15(2)13(18)9-17)10-4-5-11(16(19)20)12(8-10)21-3/h4-5,8,17H,6-7,9H2,1-3H3. The van der Waals surface area contributed by atoms with E-state index in [0.717, 1.165) is 5.69 Å². The fourth-order valence-corrected chi connectivity index (χ4v) is 1.73. The van der Waals surface area contributed by atoms with Gasteiger partial charge in [0.05, 0.1) is 12.0 Å². The number of carbonyl (C=O) groups is 1. The quantitative estimate of drug-likeness (QED) is 0.581. The van der Waals surface area contributed by atoms with Gasteiger partial charge in [0.15, 0.2) is 5.75 Å². The molecule has 1 aromatic carbocycles. The predicted octanol–water partition coefficient (Wildman–Crippen LogP) is 0.490. The highest BCUT2D eigenvalue weighted by Crippen LogP contribution is 2.30. The molecular formula is C13H19N3O5. The molecule has 0 aromatic heterocycles. The monoisotopic (exact) mass is 297 g/mol. The van der Waals surface area contributed by atoms with Gasteiger partial charge < -0.3 is 19.6 Å². The Labute approximate surface area is 122 Å². The molecule has 8 nitrogen and oxygen atoms in total. The maximum absolute atomic E-state index is 11.2. The van der Waals surface area contributed by atoms with E-state index in [1.54, 1.807) is 26.2 Å². The summed E-state index contributed by atoms with van der Waals surface area (Å²) in [5.41, 5.74) is 0.643. The first-order valence-corrected chi connectivity index (χ1v) is 6.29. The van der Waals surface area contributed by atoms with Crippen molar-refractivity contribution in [3.63, 3.8) is 0 Å². The van der Waals surface area contributed by atoms with Crippen LogP contribution in [-0.4, -0.2) is 61.7 Å². The molecule has 0 bridgehead atoms. The molecule has 0 aliphatic heterocycles. The lowest BCUT2D eigenvalue weighted by atomic mass is 10.2. The lowest BCUT2D eigenvalue weighted by molar-refractivity contribution is -0.385. The van der Waals surface area contributed by atoms with E-state index >= 15 is 0 Å². The van der Waals surface area contributed by atoms with Gasteiger partial charge in [0.2, 0.25) is 5.91 Å². The number of likely N-dealkylation sites (N-methyl/N-ethyl adjacent to an activating group) is 2. The third-order valence-corrected chi connectivity index (χ3v) is 3.13. The summed E-state index contributed by atoms with van der Waals surface area (Å²) < 4.78 is 5.01. The van der Waals surface area contributed by atoms with Crippen LogP contribution in [-0.2, 0) is 4.79 Å². The van der Waals surface area contributed by atoms with Crippen LogP contribution in [0.25, 0.3) is 0 Å². The van der Waals surface area contributed by atoms with E-state index in [0.29, 0.717) is 13.1 Å². The highest BCUT2D eigenvalue weighted by Gasteiger charge is 2.16. The van der Waals surface area contributed by atoms with Gasteiger partial charge in [0.1, 0.15) is 6.61 Å². The minimum Gasteiger partial charge on any atom is -0.490 e. The Hall–Kier alpha value is -2.35. The molecule has 116 valence electrons. The smallest absolute Gasteiger partial charge is 0.311 e. The van der Waals surface area contributed by atoms with E-state index in [4.69, 9.17) is 9.84 Å². The number of nitro groups is 1. The van der Waals surface area contributed by atoms with Gasteiger partial charge in [-0.1, -0.05) is 0 Å². The molecular weight excluding hydrogens is 278 g/mol. The molecule has 1 rings (SSSR count). The average Bonchev–Trinajstić information content (AvgIpc) is 2.50. The van der Waals surface area contributed by atoms with Crippen molar-refractivity contribution in [3.8, 4) is 5.75 Å². The van der Waals surface area contributed by atoms with Crippen LogP contribution in [0.1, 0.15) is 0 Å². The maximum atomic E-state index is 11.2. The second kappa shape index (κ2) is 7.44. The Kier molecular flexibility index (Phi) is 5.92. The zero-order valence-electron chi connectivity index (χ0n) is 12.3. The zero-order valence-corrected chi connectivity index (χ0v) is 12.3. The number of anilines is 1. The number of aliphatic hydroxyl groups is 1. The van der Waals surface area contributed by atoms with Crippen molar-refractivity contribution in [1.29, 1.82) is 0 Å². The number of carbonyl (C=O) groups excluding carboxylic acids is 1. The van der Waals surface area contributed by atoms with Gasteiger partial charge in [-0.2, -0.15) is 0 Å². The SMILES string of the molecule is COc1cc(N(C)CCN(C)C(=O)CO)ccc1[N+](=O)[O-]. The van der Waals surface area contributed by atoms with Crippen LogP contribution in [0.2, 0.25) is 0 Å². The average molecular weight is 297 g/mol. The van der Waals surface area contributed by atoms with Crippen LogP contribution < -0.4 is 9.64 Å². The largest absolute Gasteiger partial charge is 0.490 e. The number of hydrogen-bond acceptors (Lipinski definition) is 6. The number of aliphatic hydroxyl groups excluding tert-OH is 1. The number of methoxy groups -OCH3 is 1. The van der Waals surface area contributed by atoms with Crippen LogP contribution >= 0.6 is 0 Å². The molecule has 0 unspecified atom stereocenters. The summed E-state index contributed by atoms with van der Waals surface area (Å²) in [5.74, 6) is -0.172. The van der Waals surface area contributed by atoms with Crippen LogP contribution in [0, 0.1) is 10.1 Å². The first-order valence-electron chi connectivity index (χ1n) is 6.29. The van der Waals surface area contributed by atoms with E-state index in [1.165, 1.54) is 18.1 Å². The van der Waals surface area contributed by atoms with Crippen molar-refractivity contribution in [3.05, 3.63) is 28.3 Å². The molecule has 1 aromatic rings. The van der Waals surface area contributed by atoms with Gasteiger partial charge in [0, 0.05) is 45.0 Å². The first kappa shape index (κ1) is 16.7. The molecule has 0 fully saturated rings. The lowest BCUT2D eigenvalue weighted by Crippen LogP contribution is -2.36. The molecule has 0 heterocycles. The molecule has 1 amide bonds. The summed E-state index contributed by atoms with van der Waals surface area (Å²) >= 11 is 0. The molecule has 0 spiro atoms. The van der Waals surface area contributed by atoms with Crippen molar-refractivity contribution >= 4 is 17.3 Å².